The van der Waals surface area contributed by atoms with Crippen molar-refractivity contribution in [2.75, 3.05) is 26.2 Å². The van der Waals surface area contributed by atoms with Gasteiger partial charge in [0.05, 0.1) is 5.69 Å². The van der Waals surface area contributed by atoms with Crippen LogP contribution in [0.4, 0.5) is 0 Å². The molecule has 5 nitrogen and oxygen atoms in total. The first-order valence-corrected chi connectivity index (χ1v) is 11.6. The minimum atomic E-state index is -0.00549. The maximum absolute atomic E-state index is 12.8. The van der Waals surface area contributed by atoms with Gasteiger partial charge in [0, 0.05) is 38.2 Å². The van der Waals surface area contributed by atoms with E-state index in [1.165, 1.54) is 16.3 Å². The average Bonchev–Trinajstić information content (AvgIpc) is 3.30. The molecule has 3 aromatic rings. The summed E-state index contributed by atoms with van der Waals surface area (Å²) in [4.78, 5) is 17.2. The van der Waals surface area contributed by atoms with E-state index in [9.17, 15) is 4.79 Å². The molecule has 0 radical (unpaired) electrons. The lowest BCUT2D eigenvalue weighted by atomic mass is 9.93. The number of aromatic nitrogens is 1. The van der Waals surface area contributed by atoms with Gasteiger partial charge in [0.25, 0.3) is 5.91 Å². The zero-order chi connectivity index (χ0) is 21.2. The van der Waals surface area contributed by atoms with Gasteiger partial charge in [-0.2, -0.15) is 0 Å². The summed E-state index contributed by atoms with van der Waals surface area (Å²) in [5.41, 5.74) is 2.30. The topological polar surface area (TPSA) is 49.6 Å². The third kappa shape index (κ3) is 4.38. The van der Waals surface area contributed by atoms with Crippen LogP contribution in [0.5, 0.6) is 0 Å². The van der Waals surface area contributed by atoms with Crippen LogP contribution in [0.25, 0.3) is 10.8 Å². The maximum Gasteiger partial charge on any atom is 0.292 e. The van der Waals surface area contributed by atoms with Gasteiger partial charge in [0.1, 0.15) is 0 Å². The molecule has 2 saturated heterocycles. The lowest BCUT2D eigenvalue weighted by molar-refractivity contribution is 0.0655. The summed E-state index contributed by atoms with van der Waals surface area (Å²) in [6, 6.07) is 17.0. The molecule has 162 valence electrons. The highest BCUT2D eigenvalue weighted by atomic mass is 16.5. The molecule has 0 saturated carbocycles. The van der Waals surface area contributed by atoms with Gasteiger partial charge < -0.3 is 9.42 Å². The molecule has 2 fully saturated rings. The molecule has 1 amide bonds. The van der Waals surface area contributed by atoms with Crippen molar-refractivity contribution < 1.29 is 9.32 Å². The molecule has 0 aliphatic carbocycles. The van der Waals surface area contributed by atoms with Crippen molar-refractivity contribution in [1.82, 2.24) is 15.0 Å². The van der Waals surface area contributed by atoms with E-state index in [4.69, 9.17) is 4.52 Å². The number of carbonyl (C=O) groups excluding carboxylic acids is 1. The van der Waals surface area contributed by atoms with Gasteiger partial charge in [-0.1, -0.05) is 54.5 Å². The van der Waals surface area contributed by atoms with Crippen molar-refractivity contribution in [1.29, 1.82) is 0 Å². The molecule has 0 bridgehead atoms. The highest BCUT2D eigenvalue weighted by Crippen LogP contribution is 2.29. The molecule has 2 aliphatic rings. The van der Waals surface area contributed by atoms with Crippen molar-refractivity contribution in [2.45, 2.75) is 45.1 Å². The fourth-order valence-electron chi connectivity index (χ4n) is 5.06. The number of carbonyl (C=O) groups is 1. The van der Waals surface area contributed by atoms with Crippen molar-refractivity contribution >= 4 is 16.7 Å². The molecule has 0 spiro atoms. The Hall–Kier alpha value is -2.66. The second-order valence-corrected chi connectivity index (χ2v) is 9.30. The number of piperidine rings is 2. The largest absolute Gasteiger partial charge is 0.351 e. The Morgan fingerprint density at radius 1 is 1.06 bits per heavy atom. The molecule has 2 aliphatic heterocycles. The molecule has 1 atom stereocenters. The summed E-state index contributed by atoms with van der Waals surface area (Å²) < 4.78 is 5.51. The van der Waals surface area contributed by atoms with Gasteiger partial charge in [-0.15, -0.1) is 0 Å². The monoisotopic (exact) mass is 417 g/mol. The Bertz CT molecular complexity index is 1050. The van der Waals surface area contributed by atoms with Crippen molar-refractivity contribution in [3.63, 3.8) is 0 Å². The fraction of sp³-hybridized carbons (Fsp3) is 0.462. The van der Waals surface area contributed by atoms with Crippen LogP contribution in [0.2, 0.25) is 0 Å². The molecule has 1 aromatic heterocycles. The van der Waals surface area contributed by atoms with E-state index in [2.05, 4.69) is 59.4 Å². The third-order valence-corrected chi connectivity index (χ3v) is 7.01. The first-order chi connectivity index (χ1) is 15.2. The molecule has 5 heteroatoms. The Labute approximate surface area is 184 Å². The van der Waals surface area contributed by atoms with Crippen LogP contribution in [0.1, 0.15) is 60.3 Å². The number of hydrogen-bond acceptors (Lipinski definition) is 4. The highest BCUT2D eigenvalue weighted by Gasteiger charge is 2.28. The van der Waals surface area contributed by atoms with Gasteiger partial charge in [0.2, 0.25) is 5.76 Å². The van der Waals surface area contributed by atoms with Gasteiger partial charge in [-0.05, 0) is 54.5 Å². The fourth-order valence-corrected chi connectivity index (χ4v) is 5.06. The zero-order valence-corrected chi connectivity index (χ0v) is 18.3. The van der Waals surface area contributed by atoms with E-state index in [0.717, 1.165) is 64.1 Å². The zero-order valence-electron chi connectivity index (χ0n) is 18.3. The average molecular weight is 418 g/mol. The second-order valence-electron chi connectivity index (χ2n) is 9.30. The highest BCUT2D eigenvalue weighted by molar-refractivity contribution is 5.91. The number of fused-ring (bicyclic) bond motifs is 1. The summed E-state index contributed by atoms with van der Waals surface area (Å²) in [7, 11) is 0. The minimum absolute atomic E-state index is 0.00549. The summed E-state index contributed by atoms with van der Waals surface area (Å²) in [6.45, 7) is 6.87. The number of nitrogens with zero attached hydrogens (tertiary/aromatic N) is 3. The van der Waals surface area contributed by atoms with Crippen molar-refractivity contribution in [3.8, 4) is 0 Å². The van der Waals surface area contributed by atoms with E-state index < -0.39 is 0 Å². The molecule has 5 rings (SSSR count). The van der Waals surface area contributed by atoms with Crippen LogP contribution in [0, 0.1) is 5.92 Å². The van der Waals surface area contributed by atoms with Crippen LogP contribution in [0.3, 0.4) is 0 Å². The molecule has 31 heavy (non-hydrogen) atoms. The van der Waals surface area contributed by atoms with Crippen LogP contribution >= 0.6 is 0 Å². The van der Waals surface area contributed by atoms with E-state index in [1.54, 1.807) is 0 Å². The van der Waals surface area contributed by atoms with E-state index in [-0.39, 0.29) is 5.91 Å². The Balaban J connectivity index is 1.26. The number of benzene rings is 2. The number of hydrogen-bond donors (Lipinski definition) is 0. The predicted molar refractivity (Wildman–Crippen MR) is 122 cm³/mol. The Morgan fingerprint density at radius 3 is 2.74 bits per heavy atom. The van der Waals surface area contributed by atoms with Crippen molar-refractivity contribution in [3.05, 3.63) is 65.5 Å². The molecular formula is C26H31N3O2. The SMILES string of the molecule is CC1CCN(C(=O)c2cc(C3CCCN(Cc4cccc5ccccc45)C3)no2)CC1. The molecule has 3 heterocycles. The standard InChI is InChI=1S/C26H31N3O2/c1-19-11-14-29(15-12-19)26(30)25-16-24(27-31-25)22-9-5-13-28(18-22)17-21-8-4-7-20-6-2-3-10-23(20)21/h2-4,6-8,10,16,19,22H,5,9,11-15,17-18H2,1H3. The first kappa shape index (κ1) is 20.3. The van der Waals surface area contributed by atoms with E-state index in [1.807, 2.05) is 11.0 Å². The van der Waals surface area contributed by atoms with Gasteiger partial charge in [-0.25, -0.2) is 0 Å². The van der Waals surface area contributed by atoms with Crippen molar-refractivity contribution in [2.24, 2.45) is 5.92 Å². The number of amides is 1. The number of likely N-dealkylation sites (tertiary alicyclic amines) is 2. The molecular weight excluding hydrogens is 386 g/mol. The van der Waals surface area contributed by atoms with E-state index >= 15 is 0 Å². The summed E-state index contributed by atoms with van der Waals surface area (Å²) >= 11 is 0. The van der Waals surface area contributed by atoms with Gasteiger partial charge >= 0.3 is 0 Å². The first-order valence-electron chi connectivity index (χ1n) is 11.6. The lowest BCUT2D eigenvalue weighted by Gasteiger charge is -2.32. The van der Waals surface area contributed by atoms with Gasteiger partial charge in [-0.3, -0.25) is 9.69 Å². The van der Waals surface area contributed by atoms with Crippen LogP contribution in [-0.2, 0) is 6.54 Å². The van der Waals surface area contributed by atoms with Crippen LogP contribution in [0.15, 0.2) is 53.1 Å². The van der Waals surface area contributed by atoms with Crippen LogP contribution in [-0.4, -0.2) is 47.0 Å². The normalized spacial score (nSPS) is 20.9. The Morgan fingerprint density at radius 2 is 1.87 bits per heavy atom. The number of rotatable bonds is 4. The summed E-state index contributed by atoms with van der Waals surface area (Å²) in [5, 5.41) is 6.94. The quantitative estimate of drug-likeness (QED) is 0.594. The predicted octanol–water partition coefficient (Wildman–Crippen LogP) is 5.08. The maximum atomic E-state index is 12.8. The lowest BCUT2D eigenvalue weighted by Crippen LogP contribution is -2.37. The molecule has 2 aromatic carbocycles. The summed E-state index contributed by atoms with van der Waals surface area (Å²) in [6.07, 6.45) is 4.36. The second kappa shape index (κ2) is 8.83. The third-order valence-electron chi connectivity index (χ3n) is 7.01. The minimum Gasteiger partial charge on any atom is -0.351 e. The Kier molecular flexibility index (Phi) is 5.77. The van der Waals surface area contributed by atoms with Gasteiger partial charge in [0.15, 0.2) is 0 Å². The van der Waals surface area contributed by atoms with Crippen LogP contribution < -0.4 is 0 Å². The van der Waals surface area contributed by atoms with E-state index in [0.29, 0.717) is 17.6 Å². The molecule has 1 unspecified atom stereocenters. The smallest absolute Gasteiger partial charge is 0.292 e. The molecule has 0 N–H and O–H groups in total. The summed E-state index contributed by atoms with van der Waals surface area (Å²) in [5.74, 6) is 1.41.